The SMILES string of the molecule is CCN(CCNC(=NC)NCc1ccc(OC)cc1OC)C(=O)OC(C)(C)C. The second kappa shape index (κ2) is 11.3. The predicted octanol–water partition coefficient (Wildman–Crippen LogP) is 2.63. The first-order valence-corrected chi connectivity index (χ1v) is 9.37. The summed E-state index contributed by atoms with van der Waals surface area (Å²) in [5.74, 6) is 2.12. The van der Waals surface area contributed by atoms with Crippen LogP contribution in [0.25, 0.3) is 0 Å². The lowest BCUT2D eigenvalue weighted by atomic mass is 10.2. The Morgan fingerprint density at radius 3 is 2.43 bits per heavy atom. The zero-order valence-corrected chi connectivity index (χ0v) is 18.1. The Hall–Kier alpha value is -2.64. The summed E-state index contributed by atoms with van der Waals surface area (Å²) in [7, 11) is 4.95. The molecule has 8 heteroatoms. The second-order valence-corrected chi connectivity index (χ2v) is 7.09. The van der Waals surface area contributed by atoms with Crippen molar-refractivity contribution >= 4 is 12.1 Å². The molecule has 0 aromatic heterocycles. The summed E-state index contributed by atoms with van der Waals surface area (Å²) in [5.41, 5.74) is 0.475. The summed E-state index contributed by atoms with van der Waals surface area (Å²) in [4.78, 5) is 18.0. The molecule has 0 aliphatic carbocycles. The summed E-state index contributed by atoms with van der Waals surface area (Å²) in [6, 6.07) is 5.67. The maximum absolute atomic E-state index is 12.2. The molecular weight excluding hydrogens is 360 g/mol. The summed E-state index contributed by atoms with van der Waals surface area (Å²) < 4.78 is 16.0. The van der Waals surface area contributed by atoms with Crippen molar-refractivity contribution in [2.75, 3.05) is 40.9 Å². The maximum atomic E-state index is 12.2. The molecule has 1 aromatic rings. The van der Waals surface area contributed by atoms with Crippen molar-refractivity contribution < 1.29 is 19.0 Å². The molecule has 0 unspecified atom stereocenters. The number of amides is 1. The third-order valence-electron chi connectivity index (χ3n) is 3.87. The number of guanidine groups is 1. The van der Waals surface area contributed by atoms with E-state index < -0.39 is 5.60 Å². The van der Waals surface area contributed by atoms with Crippen LogP contribution < -0.4 is 20.1 Å². The van der Waals surface area contributed by atoms with E-state index in [1.807, 2.05) is 45.9 Å². The lowest BCUT2D eigenvalue weighted by Gasteiger charge is -2.26. The molecule has 0 saturated heterocycles. The van der Waals surface area contributed by atoms with Crippen LogP contribution in [0.4, 0.5) is 4.79 Å². The van der Waals surface area contributed by atoms with Crippen LogP contribution in [0.3, 0.4) is 0 Å². The number of nitrogens with one attached hydrogen (secondary N) is 2. The average molecular weight is 395 g/mol. The molecule has 1 rings (SSSR count). The highest BCUT2D eigenvalue weighted by atomic mass is 16.6. The van der Waals surface area contributed by atoms with Gasteiger partial charge in [-0.15, -0.1) is 0 Å². The van der Waals surface area contributed by atoms with E-state index in [0.29, 0.717) is 32.1 Å². The number of likely N-dealkylation sites (N-methyl/N-ethyl adjacent to an activating group) is 1. The zero-order chi connectivity index (χ0) is 21.2. The molecule has 0 aliphatic rings. The van der Waals surface area contributed by atoms with Gasteiger partial charge in [0.05, 0.1) is 14.2 Å². The van der Waals surface area contributed by atoms with Gasteiger partial charge in [-0.2, -0.15) is 0 Å². The molecule has 158 valence electrons. The van der Waals surface area contributed by atoms with Gasteiger partial charge in [0.25, 0.3) is 0 Å². The molecule has 0 aliphatic heterocycles. The summed E-state index contributed by atoms with van der Waals surface area (Å²) in [6.45, 7) is 9.67. The van der Waals surface area contributed by atoms with Crippen LogP contribution in [-0.2, 0) is 11.3 Å². The third-order valence-corrected chi connectivity index (χ3v) is 3.87. The Morgan fingerprint density at radius 2 is 1.89 bits per heavy atom. The molecule has 1 aromatic carbocycles. The van der Waals surface area contributed by atoms with Crippen molar-refractivity contribution in [2.45, 2.75) is 39.8 Å². The van der Waals surface area contributed by atoms with E-state index in [0.717, 1.165) is 17.1 Å². The van der Waals surface area contributed by atoms with E-state index in [1.165, 1.54) is 0 Å². The van der Waals surface area contributed by atoms with Crippen LogP contribution in [0.5, 0.6) is 11.5 Å². The molecule has 28 heavy (non-hydrogen) atoms. The zero-order valence-electron chi connectivity index (χ0n) is 18.1. The fraction of sp³-hybridized carbons (Fsp3) is 0.600. The largest absolute Gasteiger partial charge is 0.497 e. The lowest BCUT2D eigenvalue weighted by molar-refractivity contribution is 0.0264. The van der Waals surface area contributed by atoms with E-state index in [2.05, 4.69) is 15.6 Å². The minimum atomic E-state index is -0.507. The number of hydrogen-bond acceptors (Lipinski definition) is 5. The van der Waals surface area contributed by atoms with Gasteiger partial charge in [-0.1, -0.05) is 0 Å². The maximum Gasteiger partial charge on any atom is 0.410 e. The van der Waals surface area contributed by atoms with Crippen LogP contribution in [0, 0.1) is 0 Å². The van der Waals surface area contributed by atoms with E-state index >= 15 is 0 Å². The van der Waals surface area contributed by atoms with Crippen molar-refractivity contribution in [1.82, 2.24) is 15.5 Å². The van der Waals surface area contributed by atoms with Crippen molar-refractivity contribution in [3.8, 4) is 11.5 Å². The van der Waals surface area contributed by atoms with Crippen LogP contribution >= 0.6 is 0 Å². The van der Waals surface area contributed by atoms with Gasteiger partial charge in [0.1, 0.15) is 17.1 Å². The Labute approximate surface area is 168 Å². The minimum absolute atomic E-state index is 0.317. The second-order valence-electron chi connectivity index (χ2n) is 7.09. The Balaban J connectivity index is 2.54. The fourth-order valence-corrected chi connectivity index (χ4v) is 2.41. The Morgan fingerprint density at radius 1 is 1.18 bits per heavy atom. The van der Waals surface area contributed by atoms with Crippen molar-refractivity contribution in [1.29, 1.82) is 0 Å². The van der Waals surface area contributed by atoms with Gasteiger partial charge < -0.3 is 29.7 Å². The van der Waals surface area contributed by atoms with Gasteiger partial charge in [0.15, 0.2) is 5.96 Å². The Kier molecular flexibility index (Phi) is 9.41. The smallest absolute Gasteiger partial charge is 0.410 e. The predicted molar refractivity (Wildman–Crippen MR) is 111 cm³/mol. The highest BCUT2D eigenvalue weighted by Gasteiger charge is 2.20. The van der Waals surface area contributed by atoms with Gasteiger partial charge in [0.2, 0.25) is 0 Å². The van der Waals surface area contributed by atoms with Crippen molar-refractivity contribution in [3.05, 3.63) is 23.8 Å². The molecule has 0 radical (unpaired) electrons. The van der Waals surface area contributed by atoms with Crippen LogP contribution in [0.1, 0.15) is 33.3 Å². The topological polar surface area (TPSA) is 84.4 Å². The summed E-state index contributed by atoms with van der Waals surface area (Å²) in [6.07, 6.45) is -0.317. The summed E-state index contributed by atoms with van der Waals surface area (Å²) >= 11 is 0. The number of hydrogen-bond donors (Lipinski definition) is 2. The number of carbonyl (C=O) groups is 1. The van der Waals surface area contributed by atoms with E-state index in [1.54, 1.807) is 26.2 Å². The molecule has 2 N–H and O–H groups in total. The van der Waals surface area contributed by atoms with Gasteiger partial charge >= 0.3 is 6.09 Å². The number of ether oxygens (including phenoxy) is 3. The van der Waals surface area contributed by atoms with Gasteiger partial charge in [-0.3, -0.25) is 4.99 Å². The molecular formula is C20H34N4O4. The first kappa shape index (κ1) is 23.4. The van der Waals surface area contributed by atoms with Crippen LogP contribution in [-0.4, -0.2) is 63.5 Å². The molecule has 0 bridgehead atoms. The first-order chi connectivity index (χ1) is 13.2. The van der Waals surface area contributed by atoms with Crippen LogP contribution in [0.2, 0.25) is 0 Å². The quantitative estimate of drug-likeness (QED) is 0.521. The van der Waals surface area contributed by atoms with E-state index in [4.69, 9.17) is 14.2 Å². The molecule has 1 amide bonds. The average Bonchev–Trinajstić information content (AvgIpc) is 2.65. The molecule has 0 atom stereocenters. The van der Waals surface area contributed by atoms with Gasteiger partial charge in [-0.05, 0) is 39.8 Å². The standard InChI is InChI=1S/C20H34N4O4/c1-8-24(19(25)28-20(2,3)4)12-11-22-18(21-5)23-14-15-9-10-16(26-6)13-17(15)27-7/h9-10,13H,8,11-12,14H2,1-7H3,(H2,21,22,23). The molecule has 0 fully saturated rings. The van der Waals surface area contributed by atoms with Gasteiger partial charge in [-0.25, -0.2) is 4.79 Å². The molecule has 0 heterocycles. The van der Waals surface area contributed by atoms with E-state index in [9.17, 15) is 4.79 Å². The number of benzene rings is 1. The third kappa shape index (κ3) is 7.94. The number of aliphatic imine (C=N–C) groups is 1. The normalized spacial score (nSPS) is 11.6. The summed E-state index contributed by atoms with van der Waals surface area (Å²) in [5, 5.41) is 6.45. The lowest BCUT2D eigenvalue weighted by Crippen LogP contribution is -2.44. The van der Waals surface area contributed by atoms with Gasteiger partial charge in [0, 0.05) is 44.9 Å². The number of rotatable bonds is 8. The van der Waals surface area contributed by atoms with E-state index in [-0.39, 0.29) is 6.09 Å². The first-order valence-electron chi connectivity index (χ1n) is 9.37. The fourth-order valence-electron chi connectivity index (χ4n) is 2.41. The number of methoxy groups -OCH3 is 2. The van der Waals surface area contributed by atoms with Crippen LogP contribution in [0.15, 0.2) is 23.2 Å². The number of carbonyl (C=O) groups excluding carboxylic acids is 1. The monoisotopic (exact) mass is 394 g/mol. The highest BCUT2D eigenvalue weighted by molar-refractivity contribution is 5.79. The Bertz CT molecular complexity index is 656. The molecule has 0 spiro atoms. The highest BCUT2D eigenvalue weighted by Crippen LogP contribution is 2.24. The molecule has 8 nitrogen and oxygen atoms in total. The van der Waals surface area contributed by atoms with Crippen molar-refractivity contribution in [3.63, 3.8) is 0 Å². The minimum Gasteiger partial charge on any atom is -0.497 e. The number of nitrogens with zero attached hydrogens (tertiary/aromatic N) is 2. The molecule has 0 saturated carbocycles. The van der Waals surface area contributed by atoms with Crippen molar-refractivity contribution in [2.24, 2.45) is 4.99 Å².